The molecule has 6 heterocycles. The third-order valence-electron chi connectivity index (χ3n) is 14.0. The lowest BCUT2D eigenvalue weighted by Crippen LogP contribution is -2.70. The van der Waals surface area contributed by atoms with Gasteiger partial charge in [0.1, 0.15) is 146 Å². The van der Waals surface area contributed by atoms with Crippen LogP contribution in [0.3, 0.4) is 0 Å². The second-order valence-electron chi connectivity index (χ2n) is 19.5. The number of nitrogens with one attached hydrogen (secondary N) is 3. The maximum absolute atomic E-state index is 12.5. The largest absolute Gasteiger partial charge is 0.394 e. The Balaban J connectivity index is 1.41. The maximum Gasteiger partial charge on any atom is 0.217 e. The van der Waals surface area contributed by atoms with Crippen LogP contribution < -0.4 is 16.0 Å². The number of aliphatic hydroxyl groups excluding tert-OH is 15. The quantitative estimate of drug-likeness (QED) is 0.0507. The van der Waals surface area contributed by atoms with Crippen molar-refractivity contribution in [3.63, 3.8) is 0 Å². The van der Waals surface area contributed by atoms with Crippen LogP contribution in [0.4, 0.5) is 0 Å². The van der Waals surface area contributed by atoms with Gasteiger partial charge in [0.15, 0.2) is 37.7 Å². The van der Waals surface area contributed by atoms with E-state index in [1.54, 1.807) is 0 Å². The van der Waals surface area contributed by atoms with E-state index in [0.717, 1.165) is 27.9 Å². The molecule has 6 rings (SSSR count). The van der Waals surface area contributed by atoms with E-state index in [4.69, 9.17) is 61.6 Å². The molecule has 0 spiro atoms. The van der Waals surface area contributed by atoms with Gasteiger partial charge in [-0.3, -0.25) is 14.4 Å². The minimum Gasteiger partial charge on any atom is -0.394 e. The molecule has 0 aromatic heterocycles. The molecule has 6 fully saturated rings. The molecule has 3 amide bonds. The van der Waals surface area contributed by atoms with E-state index >= 15 is 0 Å². The standard InChI is InChI=1S/C44H75N3O31/c1-12(52)45-21-28(59)24(55)15(6-48)70-40(21)75-35-20(11-68-43-37(31(62)27(58)19(74-43)10-66-4)77-41-22(46-13(2)53)29(60)25(56)16(7-49)71-41)69-39(65)33(64)36(35)76-44-38(32(63)34(67-5)18(9-51)73-44)78-42-23(47-14(3)54)30(61)26(57)17(8-50)72-42/h15-44,48-51,55-65H,6-11H2,1-5H3,(H,45,52)(H,46,53)(H,47,54)/t15-,16-,17-,18-,19-,20-,21-,22-,23-,24-,25-,26-,27-,28-,29-,30-,31+,32+,33+,34-,35-,36-,37+,38+,39?,40+,41+,42+,43+,44-/m1/s1. The molecule has 6 saturated heterocycles. The predicted octanol–water partition coefficient (Wildman–Crippen LogP) is -12.4. The molecule has 1 unspecified atom stereocenters. The number of hydrogen-bond donors (Lipinski definition) is 18. The van der Waals surface area contributed by atoms with Gasteiger partial charge in [-0.05, 0) is 0 Å². The first-order chi connectivity index (χ1) is 36.9. The number of carbonyl (C=O) groups is 3. The molecule has 34 heteroatoms. The monoisotopic (exact) mass is 1140 g/mol. The molecule has 0 aliphatic carbocycles. The fourth-order valence-electron chi connectivity index (χ4n) is 10.0. The second kappa shape index (κ2) is 28.5. The summed E-state index contributed by atoms with van der Waals surface area (Å²) < 4.78 is 76.7. The summed E-state index contributed by atoms with van der Waals surface area (Å²) in [5, 5.41) is 171. The Labute approximate surface area is 444 Å². The maximum atomic E-state index is 12.5. The second-order valence-corrected chi connectivity index (χ2v) is 19.5. The summed E-state index contributed by atoms with van der Waals surface area (Å²) in [6.07, 6.45) is -50.3. The van der Waals surface area contributed by atoms with Crippen LogP contribution in [0.2, 0.25) is 0 Å². The van der Waals surface area contributed by atoms with E-state index in [2.05, 4.69) is 16.0 Å². The third kappa shape index (κ3) is 14.4. The van der Waals surface area contributed by atoms with E-state index in [0.29, 0.717) is 0 Å². The van der Waals surface area contributed by atoms with Crippen molar-refractivity contribution in [1.29, 1.82) is 0 Å². The van der Waals surface area contributed by atoms with Gasteiger partial charge >= 0.3 is 0 Å². The summed E-state index contributed by atoms with van der Waals surface area (Å²) >= 11 is 0. The van der Waals surface area contributed by atoms with Crippen LogP contribution in [0.25, 0.3) is 0 Å². The first-order valence-electron chi connectivity index (χ1n) is 24.9. The van der Waals surface area contributed by atoms with Crippen LogP contribution >= 0.6 is 0 Å². The minimum atomic E-state index is -2.33. The van der Waals surface area contributed by atoms with Crippen LogP contribution in [-0.4, -0.2) is 332 Å². The van der Waals surface area contributed by atoms with Crippen LogP contribution in [0.15, 0.2) is 0 Å². The molecule has 0 radical (unpaired) electrons. The highest BCUT2D eigenvalue weighted by Crippen LogP contribution is 2.37. The van der Waals surface area contributed by atoms with E-state index in [-0.39, 0.29) is 0 Å². The van der Waals surface area contributed by atoms with Crippen molar-refractivity contribution < 1.29 is 153 Å². The third-order valence-corrected chi connectivity index (χ3v) is 14.0. The van der Waals surface area contributed by atoms with Gasteiger partial charge in [-0.15, -0.1) is 0 Å². The van der Waals surface area contributed by atoms with Crippen LogP contribution in [-0.2, 0) is 76.0 Å². The lowest BCUT2D eigenvalue weighted by Gasteiger charge is -2.51. The van der Waals surface area contributed by atoms with Crippen LogP contribution in [0.5, 0.6) is 0 Å². The van der Waals surface area contributed by atoms with Gasteiger partial charge in [0.2, 0.25) is 17.7 Å². The number of methoxy groups -OCH3 is 2. The average molecular weight is 1140 g/mol. The molecular weight excluding hydrogens is 1070 g/mol. The SMILES string of the molecule is COC[C@H]1O[C@H](OC[C@H]2OC(O)[C@@H](O)[C@@H](O[C@H]3O[C@H](CO)[C@@H](OC)[C@H](O)[C@@H]3O[C@@H]3O[C@H](CO)[C@@H](O)[C@H](O)[C@H]3NC(C)=O)[C@@H]2O[C@@H]2O[C@H](CO)[C@@H](O)[C@H](O)[C@H]2NC(C)=O)[C@@H](O[C@@H]2O[C@H](CO)[C@@H](O)[C@H](O)[C@H]2NC(C)=O)[C@@H](O)[C@@H]1O. The summed E-state index contributed by atoms with van der Waals surface area (Å²) in [7, 11) is 2.35. The Bertz CT molecular complexity index is 1910. The Morgan fingerprint density at radius 2 is 0.744 bits per heavy atom. The normalized spacial score (nSPS) is 47.2. The van der Waals surface area contributed by atoms with Crippen molar-refractivity contribution in [2.24, 2.45) is 0 Å². The lowest BCUT2D eigenvalue weighted by molar-refractivity contribution is -0.397. The number of rotatable bonds is 21. The van der Waals surface area contributed by atoms with Crippen LogP contribution in [0.1, 0.15) is 20.8 Å². The molecule has 6 aliphatic heterocycles. The Morgan fingerprint density at radius 1 is 0.372 bits per heavy atom. The highest BCUT2D eigenvalue weighted by atomic mass is 16.8. The number of carbonyl (C=O) groups excluding carboxylic acids is 3. The summed E-state index contributed by atoms with van der Waals surface area (Å²) in [5.74, 6) is -2.34. The predicted molar refractivity (Wildman–Crippen MR) is 244 cm³/mol. The summed E-state index contributed by atoms with van der Waals surface area (Å²) in [5.41, 5.74) is 0. The highest BCUT2D eigenvalue weighted by molar-refractivity contribution is 5.74. The van der Waals surface area contributed by atoms with E-state index < -0.39 is 241 Å². The number of aliphatic hydroxyl groups is 15. The highest BCUT2D eigenvalue weighted by Gasteiger charge is 2.58. The van der Waals surface area contributed by atoms with Crippen molar-refractivity contribution in [2.45, 2.75) is 205 Å². The van der Waals surface area contributed by atoms with Crippen LogP contribution in [0, 0.1) is 0 Å². The van der Waals surface area contributed by atoms with Gasteiger partial charge in [-0.1, -0.05) is 0 Å². The molecule has 6 aliphatic rings. The van der Waals surface area contributed by atoms with E-state index in [1.165, 1.54) is 7.11 Å². The minimum absolute atomic E-state index is 0.403. The molecule has 18 N–H and O–H groups in total. The summed E-state index contributed by atoms with van der Waals surface area (Å²) in [6.45, 7) is -1.86. The zero-order chi connectivity index (χ0) is 57.6. The van der Waals surface area contributed by atoms with Crippen molar-refractivity contribution >= 4 is 17.7 Å². The molecule has 0 bridgehead atoms. The van der Waals surface area contributed by atoms with Crippen molar-refractivity contribution in [3.8, 4) is 0 Å². The Hall–Kier alpha value is -2.71. The molecule has 78 heavy (non-hydrogen) atoms. The van der Waals surface area contributed by atoms with E-state index in [1.807, 2.05) is 0 Å². The van der Waals surface area contributed by atoms with Gasteiger partial charge in [-0.2, -0.15) is 0 Å². The number of hydrogen-bond acceptors (Lipinski definition) is 31. The lowest BCUT2D eigenvalue weighted by atomic mass is 9.94. The smallest absolute Gasteiger partial charge is 0.217 e. The van der Waals surface area contributed by atoms with Gasteiger partial charge in [0, 0.05) is 35.0 Å². The topological polar surface area (TPSA) is 511 Å². The van der Waals surface area contributed by atoms with Crippen molar-refractivity contribution in [2.75, 3.05) is 53.9 Å². The molecule has 452 valence electrons. The molecular formula is C44H75N3O31. The fourth-order valence-corrected chi connectivity index (χ4v) is 10.0. The molecule has 30 atom stereocenters. The Kier molecular flexibility index (Phi) is 23.6. The molecule has 0 saturated carbocycles. The van der Waals surface area contributed by atoms with Gasteiger partial charge < -0.3 is 154 Å². The van der Waals surface area contributed by atoms with Crippen molar-refractivity contribution in [1.82, 2.24) is 16.0 Å². The molecule has 0 aromatic rings. The van der Waals surface area contributed by atoms with Crippen molar-refractivity contribution in [3.05, 3.63) is 0 Å². The number of ether oxygens (including phenoxy) is 13. The average Bonchev–Trinajstić information content (AvgIpc) is 3.47. The fraction of sp³-hybridized carbons (Fsp3) is 0.932. The first-order valence-corrected chi connectivity index (χ1v) is 24.9. The molecule has 34 nitrogen and oxygen atoms in total. The van der Waals surface area contributed by atoms with E-state index in [9.17, 15) is 91.0 Å². The zero-order valence-electron chi connectivity index (χ0n) is 42.8. The van der Waals surface area contributed by atoms with Gasteiger partial charge in [-0.25, -0.2) is 0 Å². The van der Waals surface area contributed by atoms with Gasteiger partial charge in [0.25, 0.3) is 0 Å². The molecule has 0 aromatic carbocycles. The Morgan fingerprint density at radius 3 is 1.14 bits per heavy atom. The zero-order valence-corrected chi connectivity index (χ0v) is 42.8. The first kappa shape index (κ1) is 64.5. The summed E-state index contributed by atoms with van der Waals surface area (Å²) in [4.78, 5) is 37.2. The summed E-state index contributed by atoms with van der Waals surface area (Å²) in [6, 6.07) is -4.97. The van der Waals surface area contributed by atoms with Gasteiger partial charge in [0.05, 0.1) is 39.6 Å². The number of amides is 3.